The average molecular weight is 222 g/mol. The smallest absolute Gasteiger partial charge is 0.0111 e. The Bertz CT molecular complexity index is 235. The van der Waals surface area contributed by atoms with Gasteiger partial charge in [0.15, 0.2) is 0 Å². The molecule has 0 aromatic carbocycles. The van der Waals surface area contributed by atoms with Crippen LogP contribution >= 0.6 is 0 Å². The van der Waals surface area contributed by atoms with Gasteiger partial charge in [0.2, 0.25) is 0 Å². The molecule has 2 nitrogen and oxygen atoms in total. The number of nitrogens with zero attached hydrogens (tertiary/aromatic N) is 1. The van der Waals surface area contributed by atoms with Gasteiger partial charge in [-0.2, -0.15) is 0 Å². The fourth-order valence-corrected chi connectivity index (χ4v) is 3.76. The van der Waals surface area contributed by atoms with Crippen molar-refractivity contribution in [3.05, 3.63) is 0 Å². The molecule has 3 atom stereocenters. The summed E-state index contributed by atoms with van der Waals surface area (Å²) < 4.78 is 0. The van der Waals surface area contributed by atoms with Crippen LogP contribution in [0.2, 0.25) is 0 Å². The van der Waals surface area contributed by atoms with E-state index in [1.807, 2.05) is 0 Å². The van der Waals surface area contributed by atoms with Crippen molar-refractivity contribution in [2.24, 2.45) is 11.8 Å². The summed E-state index contributed by atoms with van der Waals surface area (Å²) in [6.45, 7) is 3.69. The number of piperidine rings is 1. The van der Waals surface area contributed by atoms with Crippen LogP contribution in [-0.2, 0) is 0 Å². The molecule has 3 unspecified atom stereocenters. The van der Waals surface area contributed by atoms with Crippen molar-refractivity contribution in [1.82, 2.24) is 10.2 Å². The summed E-state index contributed by atoms with van der Waals surface area (Å²) in [4.78, 5) is 2.63. The molecule has 0 aromatic heterocycles. The van der Waals surface area contributed by atoms with Crippen molar-refractivity contribution in [1.29, 1.82) is 0 Å². The first-order valence-corrected chi connectivity index (χ1v) is 7.19. The van der Waals surface area contributed by atoms with Crippen molar-refractivity contribution < 1.29 is 0 Å². The Kier molecular flexibility index (Phi) is 2.97. The van der Waals surface area contributed by atoms with Gasteiger partial charge in [-0.1, -0.05) is 6.92 Å². The summed E-state index contributed by atoms with van der Waals surface area (Å²) in [5.74, 6) is 1.97. The lowest BCUT2D eigenvalue weighted by atomic mass is 9.97. The lowest BCUT2D eigenvalue weighted by Crippen LogP contribution is -2.48. The highest BCUT2D eigenvalue weighted by Gasteiger charge is 2.38. The SMILES string of the molecule is CC(CNC1CC2CCC(C1)N2C)C1CC1. The van der Waals surface area contributed by atoms with Gasteiger partial charge in [0.1, 0.15) is 0 Å². The van der Waals surface area contributed by atoms with E-state index in [0.717, 1.165) is 30.0 Å². The van der Waals surface area contributed by atoms with Gasteiger partial charge in [-0.05, 0) is 64.0 Å². The van der Waals surface area contributed by atoms with E-state index < -0.39 is 0 Å². The second kappa shape index (κ2) is 4.30. The van der Waals surface area contributed by atoms with Gasteiger partial charge >= 0.3 is 0 Å². The van der Waals surface area contributed by atoms with Crippen molar-refractivity contribution >= 4 is 0 Å². The molecule has 0 spiro atoms. The Balaban J connectivity index is 1.46. The van der Waals surface area contributed by atoms with Crippen LogP contribution in [0.4, 0.5) is 0 Å². The molecule has 92 valence electrons. The Morgan fingerprint density at radius 3 is 2.31 bits per heavy atom. The zero-order valence-electron chi connectivity index (χ0n) is 10.8. The first-order valence-electron chi connectivity index (χ1n) is 7.19. The molecule has 0 radical (unpaired) electrons. The van der Waals surface area contributed by atoms with Crippen LogP contribution in [0.5, 0.6) is 0 Å². The standard InChI is InChI=1S/C14H26N2/c1-10(11-3-4-11)9-15-12-7-13-5-6-14(8-12)16(13)2/h10-15H,3-9H2,1-2H3. The van der Waals surface area contributed by atoms with Gasteiger partial charge in [-0.15, -0.1) is 0 Å². The monoisotopic (exact) mass is 222 g/mol. The number of hydrogen-bond donors (Lipinski definition) is 1. The summed E-state index contributed by atoms with van der Waals surface area (Å²) in [6.07, 6.45) is 8.65. The molecule has 0 aromatic rings. The van der Waals surface area contributed by atoms with Gasteiger partial charge < -0.3 is 10.2 Å². The summed E-state index contributed by atoms with van der Waals surface area (Å²) in [7, 11) is 2.32. The van der Waals surface area contributed by atoms with Crippen molar-refractivity contribution in [2.45, 2.75) is 63.6 Å². The Labute approximate surface area is 99.8 Å². The van der Waals surface area contributed by atoms with E-state index in [1.54, 1.807) is 0 Å². The average Bonchev–Trinajstić information content (AvgIpc) is 3.08. The van der Waals surface area contributed by atoms with E-state index in [0.29, 0.717) is 0 Å². The van der Waals surface area contributed by atoms with Crippen LogP contribution in [0.25, 0.3) is 0 Å². The topological polar surface area (TPSA) is 15.3 Å². The van der Waals surface area contributed by atoms with Crippen LogP contribution in [0, 0.1) is 11.8 Å². The minimum absolute atomic E-state index is 0.815. The molecule has 2 aliphatic heterocycles. The summed E-state index contributed by atoms with van der Waals surface area (Å²) in [5.41, 5.74) is 0. The summed E-state index contributed by atoms with van der Waals surface area (Å²) in [5, 5.41) is 3.84. The predicted molar refractivity (Wildman–Crippen MR) is 67.5 cm³/mol. The van der Waals surface area contributed by atoms with E-state index in [-0.39, 0.29) is 0 Å². The van der Waals surface area contributed by atoms with Crippen LogP contribution in [-0.4, -0.2) is 36.6 Å². The molecular formula is C14H26N2. The normalized spacial score (nSPS) is 41.2. The molecular weight excluding hydrogens is 196 g/mol. The van der Waals surface area contributed by atoms with Crippen LogP contribution in [0.1, 0.15) is 45.4 Å². The van der Waals surface area contributed by atoms with Crippen molar-refractivity contribution in [2.75, 3.05) is 13.6 Å². The van der Waals surface area contributed by atoms with Crippen molar-refractivity contribution in [3.8, 4) is 0 Å². The minimum atomic E-state index is 0.815. The molecule has 2 heteroatoms. The zero-order valence-corrected chi connectivity index (χ0v) is 10.8. The molecule has 16 heavy (non-hydrogen) atoms. The van der Waals surface area contributed by atoms with Gasteiger partial charge in [0.05, 0.1) is 0 Å². The third kappa shape index (κ3) is 2.14. The first-order chi connectivity index (χ1) is 7.74. The molecule has 3 rings (SSSR count). The fourth-order valence-electron chi connectivity index (χ4n) is 3.76. The Hall–Kier alpha value is -0.0800. The third-order valence-electron chi connectivity index (χ3n) is 5.25. The van der Waals surface area contributed by atoms with E-state index in [4.69, 9.17) is 0 Å². The highest BCUT2D eigenvalue weighted by atomic mass is 15.2. The van der Waals surface area contributed by atoms with Crippen LogP contribution < -0.4 is 5.32 Å². The first kappa shape index (κ1) is 11.0. The molecule has 0 amide bonds. The second-order valence-electron chi connectivity index (χ2n) is 6.44. The maximum Gasteiger partial charge on any atom is 0.0111 e. The maximum absolute atomic E-state index is 3.84. The van der Waals surface area contributed by atoms with Crippen LogP contribution in [0.15, 0.2) is 0 Å². The maximum atomic E-state index is 3.84. The fraction of sp³-hybridized carbons (Fsp3) is 1.00. The molecule has 3 fully saturated rings. The molecule has 1 aliphatic carbocycles. The predicted octanol–water partition coefficient (Wildman–Crippen LogP) is 2.25. The third-order valence-corrected chi connectivity index (χ3v) is 5.25. The number of nitrogens with one attached hydrogen (secondary N) is 1. The van der Waals surface area contributed by atoms with Gasteiger partial charge in [-0.25, -0.2) is 0 Å². The minimum Gasteiger partial charge on any atom is -0.314 e. The molecule has 2 heterocycles. The summed E-state index contributed by atoms with van der Waals surface area (Å²) in [6, 6.07) is 2.58. The lowest BCUT2D eigenvalue weighted by Gasteiger charge is -2.37. The van der Waals surface area contributed by atoms with E-state index in [1.165, 1.54) is 45.1 Å². The van der Waals surface area contributed by atoms with Crippen molar-refractivity contribution in [3.63, 3.8) is 0 Å². The highest BCUT2D eigenvalue weighted by Crippen LogP contribution is 2.37. The molecule has 3 aliphatic rings. The number of rotatable bonds is 4. The summed E-state index contributed by atoms with van der Waals surface area (Å²) >= 11 is 0. The Morgan fingerprint density at radius 2 is 1.75 bits per heavy atom. The second-order valence-corrected chi connectivity index (χ2v) is 6.44. The molecule has 1 N–H and O–H groups in total. The quantitative estimate of drug-likeness (QED) is 0.785. The van der Waals surface area contributed by atoms with E-state index in [9.17, 15) is 0 Å². The Morgan fingerprint density at radius 1 is 1.12 bits per heavy atom. The van der Waals surface area contributed by atoms with Crippen LogP contribution in [0.3, 0.4) is 0 Å². The number of hydrogen-bond acceptors (Lipinski definition) is 2. The number of fused-ring (bicyclic) bond motifs is 2. The van der Waals surface area contributed by atoms with E-state index >= 15 is 0 Å². The molecule has 1 saturated carbocycles. The van der Waals surface area contributed by atoms with Gasteiger partial charge in [0, 0.05) is 18.1 Å². The highest BCUT2D eigenvalue weighted by molar-refractivity contribution is 4.96. The molecule has 2 saturated heterocycles. The van der Waals surface area contributed by atoms with Gasteiger partial charge in [-0.3, -0.25) is 0 Å². The molecule has 2 bridgehead atoms. The van der Waals surface area contributed by atoms with E-state index in [2.05, 4.69) is 24.2 Å². The lowest BCUT2D eigenvalue weighted by molar-refractivity contribution is 0.146. The largest absolute Gasteiger partial charge is 0.314 e. The zero-order chi connectivity index (χ0) is 11.1. The van der Waals surface area contributed by atoms with Gasteiger partial charge in [0.25, 0.3) is 0 Å².